The highest BCUT2D eigenvalue weighted by molar-refractivity contribution is 5.73. The van der Waals surface area contributed by atoms with Crippen molar-refractivity contribution in [3.05, 3.63) is 27.9 Å². The molecule has 0 spiro atoms. The van der Waals surface area contributed by atoms with E-state index in [9.17, 15) is 14.9 Å². The van der Waals surface area contributed by atoms with Crippen LogP contribution >= 0.6 is 0 Å². The summed E-state index contributed by atoms with van der Waals surface area (Å²) in [6.07, 6.45) is 1.13. The van der Waals surface area contributed by atoms with Crippen LogP contribution in [0.4, 0.5) is 11.5 Å². The zero-order valence-corrected chi connectivity index (χ0v) is 8.88. The number of pyridine rings is 1. The van der Waals surface area contributed by atoms with Gasteiger partial charge < -0.3 is 10.0 Å². The number of aromatic nitrogens is 1. The second-order valence-electron chi connectivity index (χ2n) is 3.34. The van der Waals surface area contributed by atoms with Gasteiger partial charge in [0.25, 0.3) is 5.69 Å². The summed E-state index contributed by atoms with van der Waals surface area (Å²) < 4.78 is 0. The van der Waals surface area contributed by atoms with Gasteiger partial charge in [-0.25, -0.2) is 4.98 Å². The van der Waals surface area contributed by atoms with Gasteiger partial charge in [-0.05, 0) is 13.0 Å². The van der Waals surface area contributed by atoms with E-state index in [2.05, 4.69) is 4.98 Å². The van der Waals surface area contributed by atoms with E-state index in [4.69, 9.17) is 5.11 Å². The van der Waals surface area contributed by atoms with Crippen molar-refractivity contribution in [2.24, 2.45) is 0 Å². The number of aryl methyl sites for hydroxylation is 1. The number of hydrogen-bond acceptors (Lipinski definition) is 5. The Labute approximate surface area is 91.5 Å². The average molecular weight is 225 g/mol. The van der Waals surface area contributed by atoms with Crippen molar-refractivity contribution in [2.45, 2.75) is 6.92 Å². The zero-order valence-electron chi connectivity index (χ0n) is 8.88. The average Bonchev–Trinajstić information content (AvgIpc) is 2.15. The van der Waals surface area contributed by atoms with Gasteiger partial charge in [-0.2, -0.15) is 0 Å². The van der Waals surface area contributed by atoms with Crippen LogP contribution in [0.5, 0.6) is 0 Å². The summed E-state index contributed by atoms with van der Waals surface area (Å²) in [5, 5.41) is 19.1. The van der Waals surface area contributed by atoms with E-state index in [1.165, 1.54) is 11.0 Å². The fourth-order valence-corrected chi connectivity index (χ4v) is 1.22. The monoisotopic (exact) mass is 225 g/mol. The van der Waals surface area contributed by atoms with Gasteiger partial charge in [0.1, 0.15) is 18.6 Å². The molecule has 1 N–H and O–H groups in total. The Kier molecular flexibility index (Phi) is 3.39. The van der Waals surface area contributed by atoms with Crippen molar-refractivity contribution in [1.29, 1.82) is 0 Å². The molecule has 0 atom stereocenters. The molecule has 0 aromatic carbocycles. The van der Waals surface area contributed by atoms with Crippen molar-refractivity contribution in [3.8, 4) is 0 Å². The van der Waals surface area contributed by atoms with E-state index in [-0.39, 0.29) is 12.2 Å². The fourth-order valence-electron chi connectivity index (χ4n) is 1.22. The minimum absolute atomic E-state index is 0.0764. The highest BCUT2D eigenvalue weighted by Crippen LogP contribution is 2.20. The van der Waals surface area contributed by atoms with Crippen molar-refractivity contribution >= 4 is 17.5 Å². The zero-order chi connectivity index (χ0) is 12.3. The normalized spacial score (nSPS) is 9.88. The Morgan fingerprint density at radius 3 is 2.75 bits per heavy atom. The summed E-state index contributed by atoms with van der Waals surface area (Å²) >= 11 is 0. The van der Waals surface area contributed by atoms with Gasteiger partial charge in [-0.1, -0.05) is 0 Å². The lowest BCUT2D eigenvalue weighted by Gasteiger charge is -2.15. The number of hydrogen-bond donors (Lipinski definition) is 1. The molecule has 0 aliphatic carbocycles. The van der Waals surface area contributed by atoms with Crippen LogP contribution in [0.25, 0.3) is 0 Å². The Bertz CT molecular complexity index is 433. The second-order valence-corrected chi connectivity index (χ2v) is 3.34. The van der Waals surface area contributed by atoms with Crippen LogP contribution in [0.3, 0.4) is 0 Å². The molecule has 7 nitrogen and oxygen atoms in total. The fraction of sp³-hybridized carbons (Fsp3) is 0.333. The third kappa shape index (κ3) is 2.66. The summed E-state index contributed by atoms with van der Waals surface area (Å²) in [6, 6.07) is 1.49. The number of nitro groups is 1. The largest absolute Gasteiger partial charge is 0.480 e. The number of nitrogens with zero attached hydrogens (tertiary/aromatic N) is 3. The number of aliphatic carboxylic acids is 1. The molecular weight excluding hydrogens is 214 g/mol. The maximum Gasteiger partial charge on any atom is 0.323 e. The Morgan fingerprint density at radius 2 is 2.31 bits per heavy atom. The summed E-state index contributed by atoms with van der Waals surface area (Å²) in [7, 11) is 1.56. The SMILES string of the molecule is Cc1cc(N(C)CC(=O)O)ncc1[N+](=O)[O-]. The van der Waals surface area contributed by atoms with Crippen LogP contribution in [0.2, 0.25) is 0 Å². The van der Waals surface area contributed by atoms with Gasteiger partial charge in [0.15, 0.2) is 0 Å². The maximum atomic E-state index is 10.5. The van der Waals surface area contributed by atoms with E-state index in [1.54, 1.807) is 14.0 Å². The van der Waals surface area contributed by atoms with Gasteiger partial charge in [-0.3, -0.25) is 14.9 Å². The molecule has 0 amide bonds. The van der Waals surface area contributed by atoms with Gasteiger partial charge in [0, 0.05) is 12.6 Å². The molecule has 1 aromatic heterocycles. The summed E-state index contributed by atoms with van der Waals surface area (Å²) in [4.78, 5) is 25.7. The summed E-state index contributed by atoms with van der Waals surface area (Å²) in [5.41, 5.74) is 0.375. The standard InChI is InChI=1S/C9H11N3O4/c1-6-3-8(11(2)5-9(13)14)10-4-7(6)12(15)16/h3-4H,5H2,1-2H3,(H,13,14). The van der Waals surface area contributed by atoms with Gasteiger partial charge in [0.2, 0.25) is 0 Å². The molecule has 16 heavy (non-hydrogen) atoms. The van der Waals surface area contributed by atoms with Crippen molar-refractivity contribution < 1.29 is 14.8 Å². The van der Waals surface area contributed by atoms with Crippen molar-refractivity contribution in [2.75, 3.05) is 18.5 Å². The first-order valence-corrected chi connectivity index (χ1v) is 4.45. The number of carbonyl (C=O) groups is 1. The van der Waals surface area contributed by atoms with Gasteiger partial charge >= 0.3 is 5.97 Å². The number of carboxylic acids is 1. The predicted molar refractivity (Wildman–Crippen MR) is 56.5 cm³/mol. The van der Waals surface area contributed by atoms with E-state index >= 15 is 0 Å². The predicted octanol–water partition coefficient (Wildman–Crippen LogP) is 0.819. The van der Waals surface area contributed by atoms with E-state index in [0.717, 1.165) is 6.20 Å². The number of carboxylic acid groups (broad SMARTS) is 1. The van der Waals surface area contributed by atoms with Crippen LogP contribution in [0.15, 0.2) is 12.3 Å². The third-order valence-corrected chi connectivity index (χ3v) is 2.03. The van der Waals surface area contributed by atoms with E-state index in [1.807, 2.05) is 0 Å². The molecule has 0 unspecified atom stereocenters. The smallest absolute Gasteiger partial charge is 0.323 e. The Hall–Kier alpha value is -2.18. The first-order valence-electron chi connectivity index (χ1n) is 4.45. The minimum atomic E-state index is -0.986. The lowest BCUT2D eigenvalue weighted by atomic mass is 10.2. The number of rotatable bonds is 4. The van der Waals surface area contributed by atoms with Crippen LogP contribution in [-0.4, -0.2) is 34.6 Å². The van der Waals surface area contributed by atoms with Gasteiger partial charge in [-0.15, -0.1) is 0 Å². The van der Waals surface area contributed by atoms with Crippen LogP contribution in [-0.2, 0) is 4.79 Å². The summed E-state index contributed by atoms with van der Waals surface area (Å²) in [6.45, 7) is 1.38. The third-order valence-electron chi connectivity index (χ3n) is 2.03. The molecule has 1 rings (SSSR count). The quantitative estimate of drug-likeness (QED) is 0.601. The lowest BCUT2D eigenvalue weighted by molar-refractivity contribution is -0.385. The number of anilines is 1. The van der Waals surface area contributed by atoms with E-state index < -0.39 is 10.9 Å². The molecule has 0 aliphatic rings. The minimum Gasteiger partial charge on any atom is -0.480 e. The summed E-state index contributed by atoms with van der Waals surface area (Å²) in [5.74, 6) is -0.592. The van der Waals surface area contributed by atoms with Crippen LogP contribution < -0.4 is 4.90 Å². The highest BCUT2D eigenvalue weighted by atomic mass is 16.6. The molecule has 0 bridgehead atoms. The molecule has 0 saturated carbocycles. The Morgan fingerprint density at radius 1 is 1.69 bits per heavy atom. The molecular formula is C9H11N3O4. The maximum absolute atomic E-state index is 10.5. The van der Waals surface area contributed by atoms with Crippen LogP contribution in [0.1, 0.15) is 5.56 Å². The molecule has 0 radical (unpaired) electrons. The molecule has 0 saturated heterocycles. The molecule has 86 valence electrons. The second kappa shape index (κ2) is 4.56. The molecule has 1 heterocycles. The van der Waals surface area contributed by atoms with Crippen molar-refractivity contribution in [1.82, 2.24) is 4.98 Å². The highest BCUT2D eigenvalue weighted by Gasteiger charge is 2.14. The Balaban J connectivity index is 2.96. The molecule has 0 aliphatic heterocycles. The number of likely N-dealkylation sites (N-methyl/N-ethyl adjacent to an activating group) is 1. The molecule has 7 heteroatoms. The molecule has 0 fully saturated rings. The van der Waals surface area contributed by atoms with E-state index in [0.29, 0.717) is 11.4 Å². The molecule has 1 aromatic rings. The topological polar surface area (TPSA) is 96.6 Å². The van der Waals surface area contributed by atoms with Crippen molar-refractivity contribution in [3.63, 3.8) is 0 Å². The first-order chi connectivity index (χ1) is 7.41. The lowest BCUT2D eigenvalue weighted by Crippen LogP contribution is -2.25. The van der Waals surface area contributed by atoms with Crippen LogP contribution in [0, 0.1) is 17.0 Å². The first kappa shape index (κ1) is 11.9. The van der Waals surface area contributed by atoms with Gasteiger partial charge in [0.05, 0.1) is 4.92 Å².